The molecule has 1 atom stereocenters. The SMILES string of the molecule is O=C(O)CC(C(=O)O)c1ccc2ccc(=O)oc2c1. The predicted octanol–water partition coefficient (Wildman–Crippen LogP) is 1.44. The van der Waals surface area contributed by atoms with E-state index in [1.54, 1.807) is 12.1 Å². The molecule has 0 amide bonds. The van der Waals surface area contributed by atoms with E-state index < -0.39 is 29.9 Å². The van der Waals surface area contributed by atoms with Crippen LogP contribution in [-0.4, -0.2) is 22.2 Å². The highest BCUT2D eigenvalue weighted by Crippen LogP contribution is 2.24. The van der Waals surface area contributed by atoms with Gasteiger partial charge in [0.05, 0.1) is 12.3 Å². The minimum Gasteiger partial charge on any atom is -0.481 e. The molecule has 98 valence electrons. The van der Waals surface area contributed by atoms with E-state index in [2.05, 4.69) is 0 Å². The van der Waals surface area contributed by atoms with Crippen LogP contribution in [0.2, 0.25) is 0 Å². The van der Waals surface area contributed by atoms with Crippen molar-refractivity contribution in [2.75, 3.05) is 0 Å². The number of rotatable bonds is 4. The van der Waals surface area contributed by atoms with Crippen molar-refractivity contribution in [1.29, 1.82) is 0 Å². The molecule has 0 fully saturated rings. The first-order valence-corrected chi connectivity index (χ1v) is 5.46. The number of benzene rings is 1. The second-order valence-corrected chi connectivity index (χ2v) is 4.04. The molecule has 0 saturated heterocycles. The zero-order valence-electron chi connectivity index (χ0n) is 9.70. The summed E-state index contributed by atoms with van der Waals surface area (Å²) in [6, 6.07) is 7.31. The zero-order valence-corrected chi connectivity index (χ0v) is 9.70. The van der Waals surface area contributed by atoms with E-state index in [1.165, 1.54) is 18.2 Å². The van der Waals surface area contributed by atoms with Crippen LogP contribution in [0.3, 0.4) is 0 Å². The third kappa shape index (κ3) is 2.79. The molecule has 0 bridgehead atoms. The van der Waals surface area contributed by atoms with Crippen molar-refractivity contribution in [3.05, 3.63) is 46.3 Å². The van der Waals surface area contributed by atoms with Crippen LogP contribution in [0.5, 0.6) is 0 Å². The number of hydrogen-bond acceptors (Lipinski definition) is 4. The number of carboxylic acids is 2. The topological polar surface area (TPSA) is 105 Å². The minimum absolute atomic E-state index is 0.238. The molecular formula is C13H10O6. The summed E-state index contributed by atoms with van der Waals surface area (Å²) < 4.78 is 4.94. The highest BCUT2D eigenvalue weighted by Gasteiger charge is 2.23. The Morgan fingerprint density at radius 2 is 1.84 bits per heavy atom. The van der Waals surface area contributed by atoms with Gasteiger partial charge in [-0.1, -0.05) is 12.1 Å². The molecule has 19 heavy (non-hydrogen) atoms. The van der Waals surface area contributed by atoms with Crippen LogP contribution in [0.1, 0.15) is 17.9 Å². The van der Waals surface area contributed by atoms with Crippen molar-refractivity contribution in [1.82, 2.24) is 0 Å². The van der Waals surface area contributed by atoms with Crippen LogP contribution in [-0.2, 0) is 9.59 Å². The van der Waals surface area contributed by atoms with Crippen LogP contribution >= 0.6 is 0 Å². The first-order chi connectivity index (χ1) is 8.97. The van der Waals surface area contributed by atoms with E-state index in [4.69, 9.17) is 14.6 Å². The fourth-order valence-electron chi connectivity index (χ4n) is 1.82. The lowest BCUT2D eigenvalue weighted by Crippen LogP contribution is -2.15. The summed E-state index contributed by atoms with van der Waals surface area (Å²) in [6.07, 6.45) is -0.530. The fourth-order valence-corrected chi connectivity index (χ4v) is 1.82. The van der Waals surface area contributed by atoms with Gasteiger partial charge in [-0.15, -0.1) is 0 Å². The molecular weight excluding hydrogens is 252 g/mol. The second-order valence-electron chi connectivity index (χ2n) is 4.04. The summed E-state index contributed by atoms with van der Waals surface area (Å²) in [5, 5.41) is 18.4. The van der Waals surface area contributed by atoms with E-state index in [-0.39, 0.29) is 11.1 Å². The summed E-state index contributed by atoms with van der Waals surface area (Å²) in [5.74, 6) is -3.62. The lowest BCUT2D eigenvalue weighted by Gasteiger charge is -2.10. The second kappa shape index (κ2) is 4.93. The molecule has 1 heterocycles. The molecule has 2 rings (SSSR count). The Kier molecular flexibility index (Phi) is 3.33. The first-order valence-electron chi connectivity index (χ1n) is 5.46. The summed E-state index contributed by atoms with van der Waals surface area (Å²) in [7, 11) is 0. The van der Waals surface area contributed by atoms with Gasteiger partial charge in [0.25, 0.3) is 0 Å². The van der Waals surface area contributed by atoms with Crippen LogP contribution in [0, 0.1) is 0 Å². The Morgan fingerprint density at radius 1 is 1.16 bits per heavy atom. The zero-order chi connectivity index (χ0) is 14.0. The van der Waals surface area contributed by atoms with E-state index in [9.17, 15) is 14.4 Å². The Balaban J connectivity index is 2.51. The first kappa shape index (κ1) is 12.8. The third-order valence-corrected chi connectivity index (χ3v) is 2.73. The molecule has 1 unspecified atom stereocenters. The molecule has 2 aromatic rings. The minimum atomic E-state index is -1.24. The van der Waals surface area contributed by atoms with Gasteiger partial charge >= 0.3 is 17.6 Å². The Hall–Kier alpha value is -2.63. The lowest BCUT2D eigenvalue weighted by atomic mass is 9.95. The maximum Gasteiger partial charge on any atom is 0.336 e. The molecule has 1 aromatic heterocycles. The van der Waals surface area contributed by atoms with Gasteiger partial charge in [0.15, 0.2) is 0 Å². The van der Waals surface area contributed by atoms with Gasteiger partial charge in [-0.25, -0.2) is 4.79 Å². The molecule has 0 radical (unpaired) electrons. The van der Waals surface area contributed by atoms with Crippen molar-refractivity contribution in [2.45, 2.75) is 12.3 Å². The number of hydrogen-bond donors (Lipinski definition) is 2. The summed E-state index contributed by atoms with van der Waals surface area (Å²) in [6.45, 7) is 0. The molecule has 0 spiro atoms. The molecule has 6 nitrogen and oxygen atoms in total. The summed E-state index contributed by atoms with van der Waals surface area (Å²) in [5.41, 5.74) is -0.0202. The molecule has 0 aliphatic carbocycles. The van der Waals surface area contributed by atoms with E-state index in [0.717, 1.165) is 0 Å². The molecule has 2 N–H and O–H groups in total. The Bertz CT molecular complexity index is 700. The van der Waals surface area contributed by atoms with Crippen molar-refractivity contribution in [3.8, 4) is 0 Å². The van der Waals surface area contributed by atoms with Crippen molar-refractivity contribution < 1.29 is 24.2 Å². The van der Waals surface area contributed by atoms with E-state index in [1.807, 2.05) is 0 Å². The van der Waals surface area contributed by atoms with Gasteiger partial charge in [-0.3, -0.25) is 9.59 Å². The maximum absolute atomic E-state index is 11.1. The van der Waals surface area contributed by atoms with Gasteiger partial charge in [-0.05, 0) is 17.7 Å². The normalized spacial score (nSPS) is 12.2. The molecule has 1 aromatic carbocycles. The van der Waals surface area contributed by atoms with E-state index in [0.29, 0.717) is 5.39 Å². The molecule has 0 aliphatic heterocycles. The monoisotopic (exact) mass is 262 g/mol. The predicted molar refractivity (Wildman–Crippen MR) is 65.1 cm³/mol. The van der Waals surface area contributed by atoms with Crippen molar-refractivity contribution in [2.24, 2.45) is 0 Å². The summed E-state index contributed by atoms with van der Waals surface area (Å²) in [4.78, 5) is 32.9. The van der Waals surface area contributed by atoms with E-state index >= 15 is 0 Å². The van der Waals surface area contributed by atoms with Gasteiger partial charge in [-0.2, -0.15) is 0 Å². The third-order valence-electron chi connectivity index (χ3n) is 2.73. The average molecular weight is 262 g/mol. The number of carboxylic acid groups (broad SMARTS) is 2. The van der Waals surface area contributed by atoms with Gasteiger partial charge in [0.2, 0.25) is 0 Å². The smallest absolute Gasteiger partial charge is 0.336 e. The quantitative estimate of drug-likeness (QED) is 0.807. The summed E-state index contributed by atoms with van der Waals surface area (Å²) >= 11 is 0. The number of aliphatic carboxylic acids is 2. The number of fused-ring (bicyclic) bond motifs is 1. The van der Waals surface area contributed by atoms with Crippen LogP contribution in [0.4, 0.5) is 0 Å². The Labute approximate surface area is 106 Å². The Morgan fingerprint density at radius 3 is 2.47 bits per heavy atom. The van der Waals surface area contributed by atoms with Crippen LogP contribution in [0.15, 0.2) is 39.5 Å². The van der Waals surface area contributed by atoms with Gasteiger partial charge < -0.3 is 14.6 Å². The average Bonchev–Trinajstić information content (AvgIpc) is 2.34. The maximum atomic E-state index is 11.1. The highest BCUT2D eigenvalue weighted by molar-refractivity contribution is 5.85. The van der Waals surface area contributed by atoms with Crippen molar-refractivity contribution >= 4 is 22.9 Å². The molecule has 0 saturated carbocycles. The van der Waals surface area contributed by atoms with Crippen LogP contribution < -0.4 is 5.63 Å². The molecule has 6 heteroatoms. The standard InChI is InChI=1S/C13H10O6/c14-11(15)6-9(13(17)18)8-2-1-7-3-4-12(16)19-10(7)5-8/h1-5,9H,6H2,(H,14,15)(H,17,18). The largest absolute Gasteiger partial charge is 0.481 e. The molecule has 0 aliphatic rings. The highest BCUT2D eigenvalue weighted by atomic mass is 16.4. The lowest BCUT2D eigenvalue weighted by molar-refractivity contribution is -0.145. The van der Waals surface area contributed by atoms with Gasteiger partial charge in [0, 0.05) is 11.5 Å². The number of carbonyl (C=O) groups is 2. The van der Waals surface area contributed by atoms with Crippen molar-refractivity contribution in [3.63, 3.8) is 0 Å². The van der Waals surface area contributed by atoms with Crippen LogP contribution in [0.25, 0.3) is 11.0 Å². The fraction of sp³-hybridized carbons (Fsp3) is 0.154. The van der Waals surface area contributed by atoms with Gasteiger partial charge in [0.1, 0.15) is 5.58 Å².